The van der Waals surface area contributed by atoms with Crippen molar-refractivity contribution in [3.8, 4) is 0 Å². The van der Waals surface area contributed by atoms with Gasteiger partial charge in [-0.2, -0.15) is 0 Å². The van der Waals surface area contributed by atoms with Crippen molar-refractivity contribution in [3.63, 3.8) is 0 Å². The summed E-state index contributed by atoms with van der Waals surface area (Å²) in [5, 5.41) is 0. The fourth-order valence-corrected chi connectivity index (χ4v) is 0.663. The molecule has 0 N–H and O–H groups in total. The van der Waals surface area contributed by atoms with Gasteiger partial charge in [0.15, 0.2) is 5.76 Å². The van der Waals surface area contributed by atoms with Gasteiger partial charge in [-0.3, -0.25) is 0 Å². The minimum atomic E-state index is -2.88. The monoisotopic (exact) mass is 194 g/mol. The predicted octanol–water partition coefficient (Wildman–Crippen LogP) is 1.40. The summed E-state index contributed by atoms with van der Waals surface area (Å²) < 4.78 is 37.6. The first-order valence-electron chi connectivity index (χ1n) is 3.50. The van der Waals surface area contributed by atoms with Crippen LogP contribution in [-0.4, -0.2) is 12.5 Å². The Bertz CT molecular complexity index is 309. The molecule has 0 spiro atoms. The van der Waals surface area contributed by atoms with E-state index in [1.165, 1.54) is 0 Å². The zero-order valence-corrected chi connectivity index (χ0v) is 6.88. The Balaban J connectivity index is 2.32. The van der Waals surface area contributed by atoms with E-state index >= 15 is 0 Å². The molecule has 0 aromatic carbocycles. The number of rotatable bonds is 4. The first-order valence-corrected chi connectivity index (χ1v) is 3.50. The van der Waals surface area contributed by atoms with E-state index in [0.29, 0.717) is 0 Å². The number of hydrogen-bond acceptors (Lipinski definition) is 4. The number of hydrogen-bond donors (Lipinski definition) is 0. The highest BCUT2D eigenvalue weighted by atomic mass is 19.3. The summed E-state index contributed by atoms with van der Waals surface area (Å²) in [5.74, 6) is -3.67. The van der Waals surface area contributed by atoms with Crippen molar-refractivity contribution in [1.82, 2.24) is 0 Å². The van der Waals surface area contributed by atoms with Crippen molar-refractivity contribution in [1.29, 1.82) is 0 Å². The fourth-order valence-electron chi connectivity index (χ4n) is 0.663. The van der Waals surface area contributed by atoms with Crippen molar-refractivity contribution in [3.05, 3.63) is 22.6 Å². The molecule has 0 fully saturated rings. The maximum atomic E-state index is 12.2. The molecule has 13 heavy (non-hydrogen) atoms. The molecule has 0 atom stereocenters. The summed E-state index contributed by atoms with van der Waals surface area (Å²) in [6, 6.07) is 0. The van der Waals surface area contributed by atoms with Crippen LogP contribution in [0.2, 0.25) is 0 Å². The second-order valence-corrected chi connectivity index (χ2v) is 2.62. The maximum absolute atomic E-state index is 12.2. The van der Waals surface area contributed by atoms with Gasteiger partial charge in [0.25, 0.3) is 5.92 Å². The highest BCUT2D eigenvalue weighted by molar-refractivity contribution is 4.81. The lowest BCUT2D eigenvalue weighted by Gasteiger charge is -2.08. The van der Waals surface area contributed by atoms with Gasteiger partial charge in [0.2, 0.25) is 0 Å². The van der Waals surface area contributed by atoms with E-state index in [0.717, 1.165) is 13.2 Å². The second kappa shape index (κ2) is 3.69. The van der Waals surface area contributed by atoms with Crippen molar-refractivity contribution in [2.75, 3.05) is 6.61 Å². The van der Waals surface area contributed by atoms with E-state index < -0.39 is 18.4 Å². The first kappa shape index (κ1) is 9.91. The van der Waals surface area contributed by atoms with Gasteiger partial charge in [-0.1, -0.05) is 0 Å². The molecule has 0 aliphatic rings. The fraction of sp³-hybridized carbons (Fsp3) is 0.571. The van der Waals surface area contributed by atoms with E-state index in [4.69, 9.17) is 0 Å². The molecule has 1 aromatic rings. The lowest BCUT2D eigenvalue weighted by molar-refractivity contribution is -0.0701. The van der Waals surface area contributed by atoms with Gasteiger partial charge in [-0.15, -0.1) is 0 Å². The molecule has 0 aliphatic heterocycles. The molecule has 6 heteroatoms. The third-order valence-corrected chi connectivity index (χ3v) is 1.10. The van der Waals surface area contributed by atoms with Gasteiger partial charge in [0.1, 0.15) is 19.5 Å². The molecule has 4 nitrogen and oxygen atoms in total. The molecule has 0 saturated carbocycles. The van der Waals surface area contributed by atoms with Crippen LogP contribution < -0.4 is 5.82 Å². The Hall–Kier alpha value is -1.17. The Labute approximate surface area is 72.1 Å². The Kier molecular flexibility index (Phi) is 2.82. The van der Waals surface area contributed by atoms with Crippen molar-refractivity contribution in [2.45, 2.75) is 19.5 Å². The second-order valence-electron chi connectivity index (χ2n) is 2.62. The van der Waals surface area contributed by atoms with Crippen LogP contribution in [0.5, 0.6) is 0 Å². The van der Waals surface area contributed by atoms with Crippen LogP contribution >= 0.6 is 0 Å². The summed E-state index contributed by atoms with van der Waals surface area (Å²) in [5.41, 5.74) is 0. The van der Waals surface area contributed by atoms with Crippen LogP contribution in [0.3, 0.4) is 0 Å². The van der Waals surface area contributed by atoms with Crippen molar-refractivity contribution in [2.24, 2.45) is 0 Å². The summed E-state index contributed by atoms with van der Waals surface area (Å²) in [6.07, 6.45) is 1.02. The van der Waals surface area contributed by atoms with Crippen LogP contribution in [0.15, 0.2) is 19.9 Å². The third-order valence-electron chi connectivity index (χ3n) is 1.10. The smallest absolute Gasteiger partial charge is 0.399 e. The highest BCUT2D eigenvalue weighted by Gasteiger charge is 2.21. The summed E-state index contributed by atoms with van der Waals surface area (Å²) in [6.45, 7) is -0.185. The molecule has 0 aliphatic carbocycles. The zero-order chi connectivity index (χ0) is 9.90. The SMILES string of the molecule is CC(F)(F)COCc1coc(=O)o1. The molecule has 0 unspecified atom stereocenters. The average molecular weight is 194 g/mol. The Morgan fingerprint density at radius 3 is 2.77 bits per heavy atom. The van der Waals surface area contributed by atoms with E-state index in [9.17, 15) is 13.6 Å². The van der Waals surface area contributed by atoms with Gasteiger partial charge in [-0.25, -0.2) is 13.6 Å². The van der Waals surface area contributed by atoms with Crippen molar-refractivity contribution >= 4 is 0 Å². The van der Waals surface area contributed by atoms with Gasteiger partial charge >= 0.3 is 5.82 Å². The molecule has 0 saturated heterocycles. The minimum absolute atomic E-state index is 0.0919. The van der Waals surface area contributed by atoms with Gasteiger partial charge in [-0.05, 0) is 0 Å². The zero-order valence-electron chi connectivity index (χ0n) is 6.88. The van der Waals surface area contributed by atoms with E-state index in [1.807, 2.05) is 0 Å². The number of ether oxygens (including phenoxy) is 1. The highest BCUT2D eigenvalue weighted by Crippen LogP contribution is 2.12. The Morgan fingerprint density at radius 2 is 2.31 bits per heavy atom. The molecule has 1 heterocycles. The topological polar surface area (TPSA) is 52.6 Å². The largest absolute Gasteiger partial charge is 0.518 e. The number of halogens is 2. The normalized spacial score (nSPS) is 11.9. The predicted molar refractivity (Wildman–Crippen MR) is 37.5 cm³/mol. The van der Waals surface area contributed by atoms with E-state index in [2.05, 4.69) is 13.6 Å². The van der Waals surface area contributed by atoms with Crippen LogP contribution in [0.4, 0.5) is 8.78 Å². The minimum Gasteiger partial charge on any atom is -0.399 e. The molecule has 0 amide bonds. The average Bonchev–Trinajstić information content (AvgIpc) is 2.33. The summed E-state index contributed by atoms with van der Waals surface area (Å²) >= 11 is 0. The molecule has 0 radical (unpaired) electrons. The van der Waals surface area contributed by atoms with Crippen molar-refractivity contribution < 1.29 is 22.4 Å². The molecule has 1 aromatic heterocycles. The van der Waals surface area contributed by atoms with Crippen LogP contribution in [0.1, 0.15) is 12.7 Å². The molecular weight excluding hydrogens is 186 g/mol. The quantitative estimate of drug-likeness (QED) is 0.727. The first-order chi connectivity index (χ1) is 5.97. The summed E-state index contributed by atoms with van der Waals surface area (Å²) in [7, 11) is 0. The van der Waals surface area contributed by atoms with E-state index in [-0.39, 0.29) is 12.4 Å². The lowest BCUT2D eigenvalue weighted by atomic mass is 10.4. The van der Waals surface area contributed by atoms with Crippen LogP contribution in [0.25, 0.3) is 0 Å². The molecule has 1 rings (SSSR count). The molecular formula is C7H8F2O4. The molecule has 74 valence electrons. The third kappa shape index (κ3) is 3.84. The molecule has 0 bridgehead atoms. The maximum Gasteiger partial charge on any atom is 0.518 e. The Morgan fingerprint density at radius 1 is 1.62 bits per heavy atom. The standard InChI is InChI=1S/C7H8F2O4/c1-7(8,9)4-11-2-5-3-12-6(10)13-5/h3H,2,4H2,1H3. The van der Waals surface area contributed by atoms with Crippen LogP contribution in [0, 0.1) is 0 Å². The van der Waals surface area contributed by atoms with E-state index in [1.54, 1.807) is 0 Å². The summed E-state index contributed by atoms with van der Waals surface area (Å²) in [4.78, 5) is 10.3. The number of alkyl halides is 2. The van der Waals surface area contributed by atoms with Crippen LogP contribution in [-0.2, 0) is 11.3 Å². The van der Waals surface area contributed by atoms with Gasteiger partial charge < -0.3 is 13.6 Å². The van der Waals surface area contributed by atoms with Gasteiger partial charge in [0.05, 0.1) is 0 Å². The van der Waals surface area contributed by atoms with Gasteiger partial charge in [0, 0.05) is 6.92 Å². The lowest BCUT2D eigenvalue weighted by Crippen LogP contribution is -2.18.